The number of aromatic nitrogens is 2. The number of benzene rings is 1. The minimum absolute atomic E-state index is 0.246. The Balaban J connectivity index is 0.000000280. The van der Waals surface area contributed by atoms with Crippen LogP contribution in [0.2, 0.25) is 10.3 Å². The third kappa shape index (κ3) is 3.81. The van der Waals surface area contributed by atoms with Crippen LogP contribution in [0.1, 0.15) is 0 Å². The molecule has 84 valence electrons. The van der Waals surface area contributed by atoms with Crippen LogP contribution in [-0.2, 0) is 0 Å². The first-order chi connectivity index (χ1) is 7.50. The second kappa shape index (κ2) is 5.84. The van der Waals surface area contributed by atoms with E-state index >= 15 is 0 Å². The highest BCUT2D eigenvalue weighted by molar-refractivity contribution is 6.60. The predicted octanol–water partition coefficient (Wildman–Crippen LogP) is 3.84. The average Bonchev–Trinajstić information content (AvgIpc) is 2.19. The molecule has 0 atom stereocenters. The van der Waals surface area contributed by atoms with E-state index in [0.717, 1.165) is 11.0 Å². The molecule has 16 heavy (non-hydrogen) atoms. The van der Waals surface area contributed by atoms with Crippen molar-refractivity contribution in [3.63, 3.8) is 0 Å². The molecule has 4 nitrogen and oxygen atoms in total. The number of hydrogen-bond donors (Lipinski definition) is 1. The normalized spacial score (nSPS) is 9.44. The Morgan fingerprint density at radius 1 is 1.06 bits per heavy atom. The standard InChI is InChI=1S/C8H4Cl2N2.CHClO2/c9-7-8(10)12-6-4-2-1-3-5(6)11-7;2-1(3)4/h1-4H;(H,3,4). The molecule has 0 aliphatic carbocycles. The summed E-state index contributed by atoms with van der Waals surface area (Å²) in [6.07, 6.45) is 0. The lowest BCUT2D eigenvalue weighted by molar-refractivity contribution is 0.220. The second-order valence-corrected chi connectivity index (χ2v) is 3.59. The van der Waals surface area contributed by atoms with E-state index < -0.39 is 5.43 Å². The summed E-state index contributed by atoms with van der Waals surface area (Å²) in [5, 5.41) is 7.67. The van der Waals surface area contributed by atoms with Gasteiger partial charge in [-0.05, 0) is 12.1 Å². The summed E-state index contributed by atoms with van der Waals surface area (Å²) in [4.78, 5) is 16.9. The third-order valence-corrected chi connectivity index (χ3v) is 2.11. The Kier molecular flexibility index (Phi) is 4.73. The first kappa shape index (κ1) is 13.0. The van der Waals surface area contributed by atoms with Crippen LogP contribution >= 0.6 is 34.8 Å². The van der Waals surface area contributed by atoms with Crippen LogP contribution in [0, 0.1) is 0 Å². The maximum atomic E-state index is 8.77. The molecule has 0 aliphatic rings. The van der Waals surface area contributed by atoms with Gasteiger partial charge in [-0.2, -0.15) is 0 Å². The molecule has 0 fully saturated rings. The molecule has 0 saturated heterocycles. The first-order valence-corrected chi connectivity index (χ1v) is 5.10. The molecule has 0 bridgehead atoms. The van der Waals surface area contributed by atoms with E-state index in [2.05, 4.69) is 21.6 Å². The summed E-state index contributed by atoms with van der Waals surface area (Å²) < 4.78 is 0. The van der Waals surface area contributed by atoms with Crippen LogP contribution in [0.5, 0.6) is 0 Å². The van der Waals surface area contributed by atoms with E-state index in [-0.39, 0.29) is 10.3 Å². The lowest BCUT2D eigenvalue weighted by Crippen LogP contribution is -1.85. The summed E-state index contributed by atoms with van der Waals surface area (Å²) in [6.45, 7) is 0. The zero-order valence-electron chi connectivity index (χ0n) is 7.69. The summed E-state index contributed by atoms with van der Waals surface area (Å²) >= 11 is 15.6. The number of carbonyl (C=O) groups is 1. The largest absolute Gasteiger partial charge is 0.469 e. The molecule has 2 rings (SSSR count). The molecule has 0 spiro atoms. The number of hydrogen-bond acceptors (Lipinski definition) is 3. The molecule has 0 aliphatic heterocycles. The van der Waals surface area contributed by atoms with Crippen LogP contribution in [-0.4, -0.2) is 20.5 Å². The number of carboxylic acid groups (broad SMARTS) is 1. The van der Waals surface area contributed by atoms with Crippen molar-refractivity contribution >= 4 is 51.3 Å². The minimum atomic E-state index is -1.36. The second-order valence-electron chi connectivity index (χ2n) is 2.55. The van der Waals surface area contributed by atoms with Crippen molar-refractivity contribution in [1.82, 2.24) is 9.97 Å². The van der Waals surface area contributed by atoms with Gasteiger partial charge in [-0.3, -0.25) is 0 Å². The summed E-state index contributed by atoms with van der Waals surface area (Å²) in [6, 6.07) is 7.43. The molecule has 0 radical (unpaired) electrons. The van der Waals surface area contributed by atoms with E-state index in [9.17, 15) is 0 Å². The molecular formula is C9H5Cl3N2O2. The zero-order valence-corrected chi connectivity index (χ0v) is 9.96. The van der Waals surface area contributed by atoms with Crippen molar-refractivity contribution in [3.8, 4) is 0 Å². The van der Waals surface area contributed by atoms with Gasteiger partial charge in [0.05, 0.1) is 11.0 Å². The monoisotopic (exact) mass is 278 g/mol. The molecular weight excluding hydrogens is 274 g/mol. The van der Waals surface area contributed by atoms with Crippen molar-refractivity contribution in [1.29, 1.82) is 0 Å². The average molecular weight is 280 g/mol. The van der Waals surface area contributed by atoms with Crippen LogP contribution in [0.15, 0.2) is 24.3 Å². The van der Waals surface area contributed by atoms with Crippen LogP contribution < -0.4 is 0 Å². The van der Waals surface area contributed by atoms with Gasteiger partial charge in [0, 0.05) is 11.6 Å². The number of halogens is 3. The fraction of sp³-hybridized carbons (Fsp3) is 0. The molecule has 1 heterocycles. The van der Waals surface area contributed by atoms with E-state index in [0.29, 0.717) is 0 Å². The summed E-state index contributed by atoms with van der Waals surface area (Å²) in [5.74, 6) is 0. The predicted molar refractivity (Wildman–Crippen MR) is 63.4 cm³/mol. The molecule has 7 heteroatoms. The van der Waals surface area contributed by atoms with Crippen molar-refractivity contribution in [2.45, 2.75) is 0 Å². The molecule has 1 N–H and O–H groups in total. The molecule has 0 unspecified atom stereocenters. The Morgan fingerprint density at radius 3 is 1.69 bits per heavy atom. The quantitative estimate of drug-likeness (QED) is 0.744. The van der Waals surface area contributed by atoms with Crippen LogP contribution in [0.25, 0.3) is 11.0 Å². The molecule has 0 saturated carbocycles. The van der Waals surface area contributed by atoms with Gasteiger partial charge in [0.25, 0.3) is 0 Å². The van der Waals surface area contributed by atoms with Gasteiger partial charge in [-0.1, -0.05) is 35.3 Å². The van der Waals surface area contributed by atoms with Gasteiger partial charge in [0.15, 0.2) is 10.3 Å². The highest BCUT2D eigenvalue weighted by atomic mass is 35.5. The molecule has 1 aromatic carbocycles. The van der Waals surface area contributed by atoms with Crippen molar-refractivity contribution in [3.05, 3.63) is 34.6 Å². The third-order valence-electron chi connectivity index (χ3n) is 1.49. The van der Waals surface area contributed by atoms with Gasteiger partial charge in [0.1, 0.15) is 0 Å². The lowest BCUT2D eigenvalue weighted by Gasteiger charge is -1.97. The van der Waals surface area contributed by atoms with Crippen LogP contribution in [0.3, 0.4) is 0 Å². The van der Waals surface area contributed by atoms with Gasteiger partial charge in [-0.25, -0.2) is 14.8 Å². The SMILES string of the molecule is Clc1nc2ccccc2nc1Cl.O=C(O)Cl. The minimum Gasteiger partial charge on any atom is -0.469 e. The molecule has 2 aromatic rings. The van der Waals surface area contributed by atoms with E-state index in [4.69, 9.17) is 33.1 Å². The number of nitrogens with zero attached hydrogens (tertiary/aromatic N) is 2. The summed E-state index contributed by atoms with van der Waals surface area (Å²) in [5.41, 5.74) is 0.152. The number of rotatable bonds is 0. The smallest absolute Gasteiger partial charge is 0.401 e. The van der Waals surface area contributed by atoms with Crippen molar-refractivity contribution < 1.29 is 9.90 Å². The van der Waals surface area contributed by atoms with E-state index in [1.807, 2.05) is 24.3 Å². The number of para-hydroxylation sites is 2. The maximum Gasteiger partial charge on any atom is 0.401 e. The fourth-order valence-electron chi connectivity index (χ4n) is 0.957. The van der Waals surface area contributed by atoms with E-state index in [1.54, 1.807) is 0 Å². The number of fused-ring (bicyclic) bond motifs is 1. The Hall–Kier alpha value is -1.10. The van der Waals surface area contributed by atoms with Gasteiger partial charge >= 0.3 is 5.43 Å². The maximum absolute atomic E-state index is 8.77. The lowest BCUT2D eigenvalue weighted by atomic mass is 10.3. The fourth-order valence-corrected chi connectivity index (χ4v) is 1.22. The Morgan fingerprint density at radius 2 is 1.38 bits per heavy atom. The van der Waals surface area contributed by atoms with Gasteiger partial charge < -0.3 is 5.11 Å². The van der Waals surface area contributed by atoms with E-state index in [1.165, 1.54) is 0 Å². The molecule has 1 aromatic heterocycles. The molecule has 0 amide bonds. The highest BCUT2D eigenvalue weighted by Crippen LogP contribution is 2.20. The van der Waals surface area contributed by atoms with Crippen LogP contribution in [0.4, 0.5) is 4.79 Å². The zero-order chi connectivity index (χ0) is 12.1. The van der Waals surface area contributed by atoms with Gasteiger partial charge in [-0.15, -0.1) is 0 Å². The Labute approximate surface area is 106 Å². The van der Waals surface area contributed by atoms with Crippen molar-refractivity contribution in [2.75, 3.05) is 0 Å². The Bertz CT molecular complexity index is 475. The highest BCUT2D eigenvalue weighted by Gasteiger charge is 2.02. The van der Waals surface area contributed by atoms with Gasteiger partial charge in [0.2, 0.25) is 0 Å². The topological polar surface area (TPSA) is 63.1 Å². The summed E-state index contributed by atoms with van der Waals surface area (Å²) in [7, 11) is 0. The van der Waals surface area contributed by atoms with Crippen molar-refractivity contribution in [2.24, 2.45) is 0 Å². The first-order valence-electron chi connectivity index (χ1n) is 3.97.